The van der Waals surface area contributed by atoms with Gasteiger partial charge in [0.2, 0.25) is 17.7 Å². The molecule has 12 nitrogen and oxygen atoms in total. The Morgan fingerprint density at radius 2 is 1.68 bits per heavy atom. The fourth-order valence-electron chi connectivity index (χ4n) is 5.25. The number of hydrogen-bond donors (Lipinski definition) is 6. The van der Waals surface area contributed by atoms with Crippen LogP contribution in [0.15, 0.2) is 0 Å². The molecule has 0 aliphatic carbocycles. The zero-order valence-corrected chi connectivity index (χ0v) is 22.7. The highest BCUT2D eigenvalue weighted by Gasteiger charge is 2.44. The second-order valence-electron chi connectivity index (χ2n) is 10.4. The van der Waals surface area contributed by atoms with E-state index in [1.165, 1.54) is 6.92 Å². The summed E-state index contributed by atoms with van der Waals surface area (Å²) in [5, 5.41) is 45.2. The Morgan fingerprint density at radius 3 is 2.37 bits per heavy atom. The van der Waals surface area contributed by atoms with Gasteiger partial charge in [0.15, 0.2) is 0 Å². The van der Waals surface area contributed by atoms with Crippen LogP contribution in [0.2, 0.25) is 0 Å². The summed E-state index contributed by atoms with van der Waals surface area (Å²) in [5.74, 6) is -0.339. The van der Waals surface area contributed by atoms with Gasteiger partial charge < -0.3 is 45.4 Å². The maximum atomic E-state index is 12.4. The number of nitrogens with one attached hydrogen (secondary N) is 2. The predicted molar refractivity (Wildman–Crippen MR) is 138 cm³/mol. The average molecular weight is 546 g/mol. The molecule has 38 heavy (non-hydrogen) atoms. The fraction of sp³-hybridized carbons (Fsp3) is 0.885. The first kappa shape index (κ1) is 32.4. The highest BCUT2D eigenvalue weighted by Crippen LogP contribution is 2.25. The number of methoxy groups -OCH3 is 1. The van der Waals surface area contributed by atoms with E-state index in [2.05, 4.69) is 10.6 Å². The third kappa shape index (κ3) is 10.4. The Labute approximate surface area is 225 Å². The highest BCUT2D eigenvalue weighted by molar-refractivity contribution is 5.77. The van der Waals surface area contributed by atoms with Gasteiger partial charge in [-0.3, -0.25) is 14.4 Å². The van der Waals surface area contributed by atoms with Crippen LogP contribution in [0.1, 0.15) is 71.1 Å². The molecule has 0 bridgehead atoms. The number of nitrogens with zero attached hydrogens (tertiary/aromatic N) is 1. The van der Waals surface area contributed by atoms with E-state index in [0.29, 0.717) is 58.2 Å². The summed E-state index contributed by atoms with van der Waals surface area (Å²) in [6.45, 7) is 2.23. The highest BCUT2D eigenvalue weighted by atomic mass is 16.5. The molecule has 12 heteroatoms. The van der Waals surface area contributed by atoms with Crippen LogP contribution < -0.4 is 10.6 Å². The quantitative estimate of drug-likeness (QED) is 0.136. The number of unbranched alkanes of at least 4 members (excludes halogenated alkanes) is 4. The summed E-state index contributed by atoms with van der Waals surface area (Å²) < 4.78 is 10.9. The van der Waals surface area contributed by atoms with Gasteiger partial charge >= 0.3 is 0 Å². The minimum absolute atomic E-state index is 0.0292. The number of rotatable bonds is 16. The number of aliphatic hydroxyl groups is 4. The average Bonchev–Trinajstić information content (AvgIpc) is 3.25. The molecule has 220 valence electrons. The molecule has 3 amide bonds. The molecule has 7 atom stereocenters. The van der Waals surface area contributed by atoms with E-state index in [-0.39, 0.29) is 23.8 Å². The summed E-state index contributed by atoms with van der Waals surface area (Å²) in [5.41, 5.74) is 0. The largest absolute Gasteiger partial charge is 0.394 e. The van der Waals surface area contributed by atoms with Crippen molar-refractivity contribution in [1.29, 1.82) is 0 Å². The Morgan fingerprint density at radius 1 is 0.974 bits per heavy atom. The fourth-order valence-corrected chi connectivity index (χ4v) is 5.25. The number of β-amino-alcohol motifs (C(OH)–C–C–N with tert-alkyl or cyclic N) is 1. The number of ether oxygens (including phenoxy) is 2. The number of hydrogen-bond acceptors (Lipinski definition) is 9. The number of carbonyl (C=O) groups excluding carboxylic acids is 3. The van der Waals surface area contributed by atoms with Crippen LogP contribution in [0, 0.1) is 0 Å². The van der Waals surface area contributed by atoms with E-state index in [1.54, 1.807) is 12.0 Å². The molecule has 2 heterocycles. The molecule has 0 aromatic rings. The topological polar surface area (TPSA) is 178 Å². The summed E-state index contributed by atoms with van der Waals surface area (Å²) >= 11 is 0. The van der Waals surface area contributed by atoms with Crippen molar-refractivity contribution in [2.45, 2.75) is 114 Å². The molecule has 0 spiro atoms. The van der Waals surface area contributed by atoms with E-state index >= 15 is 0 Å². The molecule has 2 rings (SSSR count). The van der Waals surface area contributed by atoms with Crippen LogP contribution in [-0.4, -0.2) is 119 Å². The lowest BCUT2D eigenvalue weighted by Crippen LogP contribution is -2.63. The normalized spacial score (nSPS) is 29.3. The molecule has 0 saturated carbocycles. The van der Waals surface area contributed by atoms with Gasteiger partial charge in [0.25, 0.3) is 0 Å². The standard InChI is InChI=1S/C26H47N3O9/c1-17(31)28-24-20(38-21(15-30)25(35)26(24)36)9-5-3-6-10-22(33)27-12-8-4-7-11-23(34)29-14-19(32)13-18(29)16-37-2/h18-21,24-26,30,32,35-36H,3-16H2,1-2H3,(H,27,33)(H,28,31)/t18-,19+,20?,21?,24?,25?,26?/m0/s1. The van der Waals surface area contributed by atoms with E-state index in [4.69, 9.17) is 9.47 Å². The molecular weight excluding hydrogens is 498 g/mol. The van der Waals surface area contributed by atoms with Crippen molar-refractivity contribution >= 4 is 17.7 Å². The number of carbonyl (C=O) groups is 3. The monoisotopic (exact) mass is 545 g/mol. The molecule has 0 radical (unpaired) electrons. The molecule has 2 fully saturated rings. The van der Waals surface area contributed by atoms with Crippen LogP contribution in [0.4, 0.5) is 0 Å². The maximum absolute atomic E-state index is 12.4. The van der Waals surface area contributed by atoms with E-state index in [1.807, 2.05) is 0 Å². The first-order valence-corrected chi connectivity index (χ1v) is 13.8. The molecule has 2 aliphatic rings. The smallest absolute Gasteiger partial charge is 0.222 e. The molecule has 0 aromatic heterocycles. The van der Waals surface area contributed by atoms with Crippen LogP contribution >= 0.6 is 0 Å². The minimum Gasteiger partial charge on any atom is -0.394 e. The molecule has 0 aromatic carbocycles. The Bertz CT molecular complexity index is 741. The van der Waals surface area contributed by atoms with Gasteiger partial charge in [0.05, 0.1) is 37.5 Å². The number of likely N-dealkylation sites (tertiary alicyclic amines) is 1. The first-order chi connectivity index (χ1) is 18.2. The van der Waals surface area contributed by atoms with Gasteiger partial charge in [-0.05, 0) is 32.1 Å². The van der Waals surface area contributed by atoms with Crippen molar-refractivity contribution in [1.82, 2.24) is 15.5 Å². The van der Waals surface area contributed by atoms with Crippen LogP contribution in [0.3, 0.4) is 0 Å². The van der Waals surface area contributed by atoms with Crippen molar-refractivity contribution in [2.24, 2.45) is 0 Å². The van der Waals surface area contributed by atoms with E-state index < -0.39 is 43.2 Å². The maximum Gasteiger partial charge on any atom is 0.222 e. The van der Waals surface area contributed by atoms with Crippen LogP contribution in [-0.2, 0) is 23.9 Å². The zero-order valence-electron chi connectivity index (χ0n) is 22.7. The van der Waals surface area contributed by atoms with Gasteiger partial charge in [-0.1, -0.05) is 19.3 Å². The minimum atomic E-state index is -1.29. The Kier molecular flexibility index (Phi) is 14.5. The van der Waals surface area contributed by atoms with Crippen molar-refractivity contribution < 1.29 is 44.3 Å². The van der Waals surface area contributed by atoms with Gasteiger partial charge in [-0.15, -0.1) is 0 Å². The summed E-state index contributed by atoms with van der Waals surface area (Å²) in [7, 11) is 1.59. The predicted octanol–water partition coefficient (Wildman–Crippen LogP) is -0.792. The molecule has 5 unspecified atom stereocenters. The van der Waals surface area contributed by atoms with Crippen LogP contribution in [0.25, 0.3) is 0 Å². The van der Waals surface area contributed by atoms with Gasteiger partial charge in [0.1, 0.15) is 18.3 Å². The second-order valence-corrected chi connectivity index (χ2v) is 10.4. The van der Waals surface area contributed by atoms with Crippen molar-refractivity contribution in [3.63, 3.8) is 0 Å². The lowest BCUT2D eigenvalue weighted by atomic mass is 9.90. The van der Waals surface area contributed by atoms with Crippen molar-refractivity contribution in [2.75, 3.05) is 33.4 Å². The molecule has 2 aliphatic heterocycles. The van der Waals surface area contributed by atoms with Gasteiger partial charge in [-0.25, -0.2) is 0 Å². The third-order valence-electron chi connectivity index (χ3n) is 7.25. The second kappa shape index (κ2) is 17.0. The van der Waals surface area contributed by atoms with Gasteiger partial charge in [0, 0.05) is 40.0 Å². The van der Waals surface area contributed by atoms with Crippen LogP contribution in [0.5, 0.6) is 0 Å². The molecule has 2 saturated heterocycles. The number of amides is 3. The molecule has 6 N–H and O–H groups in total. The lowest BCUT2D eigenvalue weighted by molar-refractivity contribution is -0.196. The number of aliphatic hydroxyl groups excluding tert-OH is 4. The Balaban J connectivity index is 1.55. The van der Waals surface area contributed by atoms with Gasteiger partial charge in [-0.2, -0.15) is 0 Å². The summed E-state index contributed by atoms with van der Waals surface area (Å²) in [6.07, 6.45) is 1.85. The Hall–Kier alpha value is -1.83. The SMILES string of the molecule is COC[C@@H]1C[C@@H](O)CN1C(=O)CCCCCNC(=O)CCCCCC1OC(CO)C(O)C(O)C1NC(C)=O. The molecular formula is C26H47N3O9. The zero-order chi connectivity index (χ0) is 28.1. The first-order valence-electron chi connectivity index (χ1n) is 13.8. The van der Waals surface area contributed by atoms with Crippen molar-refractivity contribution in [3.8, 4) is 0 Å². The lowest BCUT2D eigenvalue weighted by Gasteiger charge is -2.42. The van der Waals surface area contributed by atoms with E-state index in [9.17, 15) is 34.8 Å². The van der Waals surface area contributed by atoms with Crippen molar-refractivity contribution in [3.05, 3.63) is 0 Å². The summed E-state index contributed by atoms with van der Waals surface area (Å²) in [4.78, 5) is 37.8. The third-order valence-corrected chi connectivity index (χ3v) is 7.25. The summed E-state index contributed by atoms with van der Waals surface area (Å²) in [6, 6.07) is -0.829. The van der Waals surface area contributed by atoms with E-state index in [0.717, 1.165) is 25.7 Å².